The summed E-state index contributed by atoms with van der Waals surface area (Å²) in [6, 6.07) is 11.4. The largest absolute Gasteiger partial charge is 0.467 e. The maximum atomic E-state index is 5.28. The van der Waals surface area contributed by atoms with Crippen LogP contribution in [0, 0.1) is 0 Å². The van der Waals surface area contributed by atoms with Gasteiger partial charge in [0.2, 0.25) is 0 Å². The second kappa shape index (κ2) is 4.58. The van der Waals surface area contributed by atoms with Gasteiger partial charge in [0.1, 0.15) is 11.3 Å². The second-order valence-electron chi connectivity index (χ2n) is 3.73. The maximum absolute atomic E-state index is 5.28. The second-order valence-corrected chi connectivity index (χ2v) is 4.11. The van der Waals surface area contributed by atoms with E-state index in [0.717, 1.165) is 16.8 Å². The number of nitrogens with one attached hydrogen (secondary N) is 1. The van der Waals surface area contributed by atoms with Gasteiger partial charge < -0.3 is 9.73 Å². The Morgan fingerprint density at radius 3 is 3.00 bits per heavy atom. The summed E-state index contributed by atoms with van der Waals surface area (Å²) in [6.45, 7) is 0.528. The predicted octanol–water partition coefficient (Wildman–Crippen LogP) is 1.95. The molecule has 0 saturated heterocycles. The van der Waals surface area contributed by atoms with Gasteiger partial charge in [0, 0.05) is 0 Å². The predicted molar refractivity (Wildman–Crippen MR) is 71.1 cm³/mol. The molecule has 1 N–H and O–H groups in total. The lowest BCUT2D eigenvalue weighted by Crippen LogP contribution is -2.28. The van der Waals surface area contributed by atoms with Crippen LogP contribution in [0.25, 0.3) is 11.0 Å². The third kappa shape index (κ3) is 1.98. The highest BCUT2D eigenvalue weighted by atomic mass is 32.1. The third-order valence-electron chi connectivity index (χ3n) is 2.54. The number of aromatic nitrogens is 3. The Bertz CT molecular complexity index is 674. The van der Waals surface area contributed by atoms with Crippen molar-refractivity contribution in [2.24, 2.45) is 0 Å². The van der Waals surface area contributed by atoms with E-state index in [-0.39, 0.29) is 0 Å². The van der Waals surface area contributed by atoms with E-state index < -0.39 is 0 Å². The molecule has 2 aromatic heterocycles. The molecule has 0 amide bonds. The highest BCUT2D eigenvalue weighted by Gasteiger charge is 2.07. The number of hydrogen-bond donors (Lipinski definition) is 1. The first-order valence-corrected chi connectivity index (χ1v) is 5.86. The molecule has 18 heavy (non-hydrogen) atoms. The van der Waals surface area contributed by atoms with Crippen LogP contribution in [-0.2, 0) is 6.54 Å². The monoisotopic (exact) mass is 258 g/mol. The minimum absolute atomic E-state index is 0.500. The molecular formula is C12H10N4OS. The van der Waals surface area contributed by atoms with Crippen LogP contribution in [0.1, 0.15) is 5.76 Å². The van der Waals surface area contributed by atoms with Crippen molar-refractivity contribution in [2.45, 2.75) is 6.54 Å². The van der Waals surface area contributed by atoms with Crippen molar-refractivity contribution in [2.75, 3.05) is 0 Å². The van der Waals surface area contributed by atoms with E-state index in [9.17, 15) is 0 Å². The normalized spacial score (nSPS) is 10.7. The van der Waals surface area contributed by atoms with Crippen molar-refractivity contribution in [1.29, 1.82) is 0 Å². The molecule has 6 heteroatoms. The fourth-order valence-corrected chi connectivity index (χ4v) is 1.88. The molecule has 0 aliphatic rings. The molecule has 1 aromatic carbocycles. The van der Waals surface area contributed by atoms with Crippen molar-refractivity contribution in [3.05, 3.63) is 48.4 Å². The topological polar surface area (TPSA) is 55.9 Å². The molecule has 0 atom stereocenters. The van der Waals surface area contributed by atoms with Crippen molar-refractivity contribution in [3.63, 3.8) is 0 Å². The summed E-state index contributed by atoms with van der Waals surface area (Å²) in [6.07, 6.45) is 1.63. The van der Waals surface area contributed by atoms with Gasteiger partial charge in [0.15, 0.2) is 5.11 Å². The molecule has 90 valence electrons. The SMILES string of the molecule is S=C(NCc1ccco1)n1nnc2ccccc21. The molecule has 0 fully saturated rings. The van der Waals surface area contributed by atoms with Gasteiger partial charge >= 0.3 is 0 Å². The number of rotatable bonds is 2. The number of nitrogens with zero attached hydrogens (tertiary/aromatic N) is 3. The molecule has 0 saturated carbocycles. The van der Waals surface area contributed by atoms with Crippen LogP contribution in [0.5, 0.6) is 0 Å². The zero-order valence-corrected chi connectivity index (χ0v) is 10.2. The fraction of sp³-hybridized carbons (Fsp3) is 0.0833. The first kappa shape index (κ1) is 10.9. The summed E-state index contributed by atoms with van der Waals surface area (Å²) >= 11 is 5.28. The summed E-state index contributed by atoms with van der Waals surface area (Å²) < 4.78 is 6.83. The zero-order valence-electron chi connectivity index (χ0n) is 9.41. The third-order valence-corrected chi connectivity index (χ3v) is 2.86. The van der Waals surface area contributed by atoms with Gasteiger partial charge in [-0.1, -0.05) is 17.3 Å². The van der Waals surface area contributed by atoms with Crippen molar-refractivity contribution < 1.29 is 4.42 Å². The molecule has 5 nitrogen and oxygen atoms in total. The fourth-order valence-electron chi connectivity index (χ4n) is 1.67. The smallest absolute Gasteiger partial charge is 0.196 e. The molecule has 0 spiro atoms. The van der Waals surface area contributed by atoms with Crippen LogP contribution >= 0.6 is 12.2 Å². The highest BCUT2D eigenvalue weighted by Crippen LogP contribution is 2.09. The van der Waals surface area contributed by atoms with Crippen LogP contribution < -0.4 is 5.32 Å². The van der Waals surface area contributed by atoms with Crippen molar-refractivity contribution >= 4 is 28.4 Å². The molecule has 0 aliphatic carbocycles. The lowest BCUT2D eigenvalue weighted by atomic mass is 10.3. The molecule has 0 aliphatic heterocycles. The molecule has 3 aromatic rings. The number of thiocarbonyl (C=S) groups is 1. The minimum Gasteiger partial charge on any atom is -0.467 e. The number of fused-ring (bicyclic) bond motifs is 1. The first-order valence-electron chi connectivity index (χ1n) is 5.45. The number of para-hydroxylation sites is 1. The van der Waals surface area contributed by atoms with E-state index in [2.05, 4.69) is 15.6 Å². The van der Waals surface area contributed by atoms with Crippen molar-refractivity contribution in [1.82, 2.24) is 20.3 Å². The molecule has 2 heterocycles. The van der Waals surface area contributed by atoms with E-state index in [1.165, 1.54) is 0 Å². The summed E-state index contributed by atoms with van der Waals surface area (Å²) in [5.41, 5.74) is 1.70. The van der Waals surface area contributed by atoms with E-state index in [0.29, 0.717) is 11.7 Å². The van der Waals surface area contributed by atoms with Gasteiger partial charge in [-0.3, -0.25) is 0 Å². The Kier molecular flexibility index (Phi) is 2.77. The van der Waals surface area contributed by atoms with E-state index in [1.807, 2.05) is 36.4 Å². The van der Waals surface area contributed by atoms with Gasteiger partial charge in [0.25, 0.3) is 0 Å². The van der Waals surface area contributed by atoms with Crippen molar-refractivity contribution in [3.8, 4) is 0 Å². The van der Waals surface area contributed by atoms with Crippen LogP contribution in [0.15, 0.2) is 47.1 Å². The standard InChI is InChI=1S/C12H10N4OS/c18-12(13-8-9-4-3-7-17-9)16-11-6-2-1-5-10(11)14-15-16/h1-7H,8H2,(H,13,18). The first-order chi connectivity index (χ1) is 8.84. The quantitative estimate of drug-likeness (QED) is 0.712. The van der Waals surface area contributed by atoms with Crippen LogP contribution in [-0.4, -0.2) is 20.1 Å². The molecule has 3 rings (SSSR count). The van der Waals surface area contributed by atoms with E-state index in [4.69, 9.17) is 16.6 Å². The zero-order chi connectivity index (χ0) is 12.4. The summed E-state index contributed by atoms with van der Waals surface area (Å²) in [4.78, 5) is 0. The minimum atomic E-state index is 0.500. The number of furan rings is 1. The van der Waals surface area contributed by atoms with Crippen LogP contribution in [0.4, 0.5) is 0 Å². The maximum Gasteiger partial charge on any atom is 0.196 e. The Labute approximate surface area is 108 Å². The average molecular weight is 258 g/mol. The summed E-state index contributed by atoms with van der Waals surface area (Å²) in [5, 5.41) is 11.7. The Hall–Kier alpha value is -2.21. The van der Waals surface area contributed by atoms with E-state index in [1.54, 1.807) is 10.9 Å². The van der Waals surface area contributed by atoms with Gasteiger partial charge in [-0.25, -0.2) is 0 Å². The Morgan fingerprint density at radius 1 is 1.28 bits per heavy atom. The van der Waals surface area contributed by atoms with Crippen LogP contribution in [0.3, 0.4) is 0 Å². The number of hydrogen-bond acceptors (Lipinski definition) is 4. The lowest BCUT2D eigenvalue weighted by Gasteiger charge is -2.05. The van der Waals surface area contributed by atoms with Gasteiger partial charge in [-0.2, -0.15) is 4.68 Å². The Balaban J connectivity index is 1.80. The molecule has 0 unspecified atom stereocenters. The van der Waals surface area contributed by atoms with Gasteiger partial charge in [0.05, 0.1) is 18.3 Å². The number of benzene rings is 1. The van der Waals surface area contributed by atoms with Gasteiger partial charge in [-0.05, 0) is 36.5 Å². The molecule has 0 bridgehead atoms. The summed E-state index contributed by atoms with van der Waals surface area (Å²) in [5.74, 6) is 0.821. The lowest BCUT2D eigenvalue weighted by molar-refractivity contribution is 0.502. The Morgan fingerprint density at radius 2 is 2.17 bits per heavy atom. The molecular weight excluding hydrogens is 248 g/mol. The molecule has 0 radical (unpaired) electrons. The summed E-state index contributed by atoms with van der Waals surface area (Å²) in [7, 11) is 0. The highest BCUT2D eigenvalue weighted by molar-refractivity contribution is 7.80. The average Bonchev–Trinajstić information content (AvgIpc) is 3.05. The van der Waals surface area contributed by atoms with Crippen LogP contribution in [0.2, 0.25) is 0 Å². The van der Waals surface area contributed by atoms with E-state index >= 15 is 0 Å². The van der Waals surface area contributed by atoms with Gasteiger partial charge in [-0.15, -0.1) is 5.10 Å².